The van der Waals surface area contributed by atoms with E-state index in [1.165, 1.54) is 12.1 Å². The third-order valence-electron chi connectivity index (χ3n) is 3.95. The highest BCUT2D eigenvalue weighted by Gasteiger charge is 2.34. The number of hydrogen-bond acceptors (Lipinski definition) is 5. The van der Waals surface area contributed by atoms with Crippen molar-refractivity contribution in [2.75, 3.05) is 22.5 Å². The number of aryl methyl sites for hydroxylation is 1. The predicted molar refractivity (Wildman–Crippen MR) is 104 cm³/mol. The van der Waals surface area contributed by atoms with Crippen LogP contribution < -0.4 is 16.0 Å². The van der Waals surface area contributed by atoms with Crippen molar-refractivity contribution in [3.8, 4) is 0 Å². The monoisotopic (exact) mass is 418 g/mol. The first-order valence-corrected chi connectivity index (χ1v) is 8.77. The molecule has 0 saturated heterocycles. The van der Waals surface area contributed by atoms with Gasteiger partial charge in [0.25, 0.3) is 5.91 Å². The molecule has 0 fully saturated rings. The second-order valence-electron chi connectivity index (χ2n) is 6.31. The number of rotatable bonds is 6. The summed E-state index contributed by atoms with van der Waals surface area (Å²) < 4.78 is 45.3. The van der Waals surface area contributed by atoms with E-state index in [-0.39, 0.29) is 17.3 Å². The van der Waals surface area contributed by atoms with Crippen LogP contribution in [0.5, 0.6) is 0 Å². The molecule has 1 aromatic heterocycles. The van der Waals surface area contributed by atoms with Crippen LogP contribution in [-0.4, -0.2) is 23.5 Å². The van der Waals surface area contributed by atoms with E-state index >= 15 is 0 Å². The molecule has 156 valence electrons. The summed E-state index contributed by atoms with van der Waals surface area (Å²) in [4.78, 5) is 24.1. The van der Waals surface area contributed by atoms with Gasteiger partial charge in [0.15, 0.2) is 0 Å². The zero-order valence-corrected chi connectivity index (χ0v) is 15.7. The fourth-order valence-corrected chi connectivity index (χ4v) is 2.58. The zero-order valence-electron chi connectivity index (χ0n) is 15.7. The highest BCUT2D eigenvalue weighted by molar-refractivity contribution is 6.04. The Morgan fingerprint density at radius 2 is 1.77 bits per heavy atom. The SMILES string of the molecule is Cc1cc(NC(=O)CNc2ccc(NC(=O)c3ccccc3)cc2C(F)(F)F)on1. The third-order valence-corrected chi connectivity index (χ3v) is 3.95. The van der Waals surface area contributed by atoms with E-state index in [0.29, 0.717) is 11.3 Å². The summed E-state index contributed by atoms with van der Waals surface area (Å²) in [6.45, 7) is 1.23. The summed E-state index contributed by atoms with van der Waals surface area (Å²) in [6, 6.07) is 12.9. The lowest BCUT2D eigenvalue weighted by atomic mass is 10.1. The number of benzene rings is 2. The Kier molecular flexibility index (Phi) is 6.05. The molecule has 0 aliphatic carbocycles. The van der Waals surface area contributed by atoms with E-state index in [9.17, 15) is 22.8 Å². The molecule has 3 aromatic rings. The molecule has 0 spiro atoms. The van der Waals surface area contributed by atoms with Gasteiger partial charge in [-0.2, -0.15) is 13.2 Å². The Labute approximate surface area is 169 Å². The van der Waals surface area contributed by atoms with Crippen molar-refractivity contribution in [2.24, 2.45) is 0 Å². The van der Waals surface area contributed by atoms with E-state index in [0.717, 1.165) is 12.1 Å². The maximum absolute atomic E-state index is 13.5. The lowest BCUT2D eigenvalue weighted by Crippen LogP contribution is -2.23. The molecule has 0 unspecified atom stereocenters. The number of aromatic nitrogens is 1. The molecule has 0 aliphatic rings. The second-order valence-corrected chi connectivity index (χ2v) is 6.31. The molecule has 2 amide bonds. The maximum Gasteiger partial charge on any atom is 0.418 e. The number of hydrogen-bond donors (Lipinski definition) is 3. The molecular formula is C20H17F3N4O3. The molecule has 0 bridgehead atoms. The van der Waals surface area contributed by atoms with Crippen LogP contribution in [0.3, 0.4) is 0 Å². The standard InChI is InChI=1S/C20H17F3N4O3/c1-12-9-18(30-27-12)26-17(28)11-24-16-8-7-14(10-15(16)20(21,22)23)25-19(29)13-5-3-2-4-6-13/h2-10,24H,11H2,1H3,(H,25,29)(H,26,28). The average Bonchev–Trinajstić information content (AvgIpc) is 3.11. The van der Waals surface area contributed by atoms with Crippen molar-refractivity contribution < 1.29 is 27.3 Å². The second kappa shape index (κ2) is 8.68. The molecule has 0 aliphatic heterocycles. The summed E-state index contributed by atoms with van der Waals surface area (Å²) in [5.41, 5.74) is -0.484. The van der Waals surface area contributed by atoms with Gasteiger partial charge in [0, 0.05) is 23.0 Å². The molecule has 0 radical (unpaired) electrons. The summed E-state index contributed by atoms with van der Waals surface area (Å²) in [7, 11) is 0. The van der Waals surface area contributed by atoms with Crippen LogP contribution >= 0.6 is 0 Å². The van der Waals surface area contributed by atoms with Gasteiger partial charge in [0.1, 0.15) is 0 Å². The summed E-state index contributed by atoms with van der Waals surface area (Å²) in [5, 5.41) is 10.9. The first-order valence-electron chi connectivity index (χ1n) is 8.77. The van der Waals surface area contributed by atoms with Crippen molar-refractivity contribution in [3.63, 3.8) is 0 Å². The summed E-state index contributed by atoms with van der Waals surface area (Å²) in [5.74, 6) is -1.05. The minimum absolute atomic E-state index is 0.0247. The van der Waals surface area contributed by atoms with Crippen LogP contribution in [0.25, 0.3) is 0 Å². The Morgan fingerprint density at radius 3 is 2.40 bits per heavy atom. The fraction of sp³-hybridized carbons (Fsp3) is 0.150. The van der Waals surface area contributed by atoms with Gasteiger partial charge in [-0.3, -0.25) is 14.9 Å². The Morgan fingerprint density at radius 1 is 1.03 bits per heavy atom. The van der Waals surface area contributed by atoms with Gasteiger partial charge in [-0.15, -0.1) is 0 Å². The Balaban J connectivity index is 1.71. The van der Waals surface area contributed by atoms with Gasteiger partial charge in [0.2, 0.25) is 11.8 Å². The number of carbonyl (C=O) groups excluding carboxylic acids is 2. The topological polar surface area (TPSA) is 96.3 Å². The third kappa shape index (κ3) is 5.37. The number of anilines is 3. The average molecular weight is 418 g/mol. The summed E-state index contributed by atoms with van der Waals surface area (Å²) in [6.07, 6.45) is -4.70. The van der Waals surface area contributed by atoms with Gasteiger partial charge in [0.05, 0.1) is 17.8 Å². The smallest absolute Gasteiger partial charge is 0.376 e. The number of amides is 2. The van der Waals surface area contributed by atoms with Gasteiger partial charge >= 0.3 is 6.18 Å². The van der Waals surface area contributed by atoms with Gasteiger partial charge in [-0.1, -0.05) is 23.4 Å². The Hall–Kier alpha value is -3.82. The fourth-order valence-electron chi connectivity index (χ4n) is 2.58. The number of nitrogens with zero attached hydrogens (tertiary/aromatic N) is 1. The number of halogens is 3. The number of carbonyl (C=O) groups is 2. The van der Waals surface area contributed by atoms with Crippen molar-refractivity contribution in [1.29, 1.82) is 0 Å². The molecule has 3 N–H and O–H groups in total. The van der Waals surface area contributed by atoms with E-state index in [2.05, 4.69) is 21.1 Å². The maximum atomic E-state index is 13.5. The Bertz CT molecular complexity index is 1050. The van der Waals surface area contributed by atoms with Gasteiger partial charge < -0.3 is 15.2 Å². The van der Waals surface area contributed by atoms with E-state index in [1.807, 2.05) is 0 Å². The minimum atomic E-state index is -4.70. The molecule has 7 nitrogen and oxygen atoms in total. The first-order chi connectivity index (χ1) is 14.2. The quantitative estimate of drug-likeness (QED) is 0.555. The molecule has 3 rings (SSSR count). The van der Waals surface area contributed by atoms with E-state index < -0.39 is 30.1 Å². The summed E-state index contributed by atoms with van der Waals surface area (Å²) >= 11 is 0. The van der Waals surface area contributed by atoms with Crippen molar-refractivity contribution in [3.05, 3.63) is 71.4 Å². The number of alkyl halides is 3. The largest absolute Gasteiger partial charge is 0.418 e. The van der Waals surface area contributed by atoms with Crippen LogP contribution in [-0.2, 0) is 11.0 Å². The molecule has 30 heavy (non-hydrogen) atoms. The van der Waals surface area contributed by atoms with Crippen LogP contribution in [0.1, 0.15) is 21.6 Å². The van der Waals surface area contributed by atoms with Crippen molar-refractivity contribution >= 4 is 29.1 Å². The van der Waals surface area contributed by atoms with Gasteiger partial charge in [-0.05, 0) is 37.3 Å². The van der Waals surface area contributed by atoms with E-state index in [1.54, 1.807) is 37.3 Å². The van der Waals surface area contributed by atoms with Crippen LogP contribution in [0.4, 0.5) is 30.4 Å². The minimum Gasteiger partial charge on any atom is -0.376 e. The molecule has 10 heteroatoms. The molecular weight excluding hydrogens is 401 g/mol. The van der Waals surface area contributed by atoms with Crippen molar-refractivity contribution in [2.45, 2.75) is 13.1 Å². The van der Waals surface area contributed by atoms with Crippen LogP contribution in [0, 0.1) is 6.92 Å². The zero-order chi connectivity index (χ0) is 21.7. The van der Waals surface area contributed by atoms with Gasteiger partial charge in [-0.25, -0.2) is 0 Å². The van der Waals surface area contributed by atoms with Crippen LogP contribution in [0.15, 0.2) is 59.1 Å². The number of nitrogens with one attached hydrogen (secondary N) is 3. The molecule has 0 saturated carbocycles. The first kappa shape index (κ1) is 20.9. The molecule has 2 aromatic carbocycles. The van der Waals surface area contributed by atoms with Crippen molar-refractivity contribution in [1.82, 2.24) is 5.16 Å². The van der Waals surface area contributed by atoms with Crippen LogP contribution in [0.2, 0.25) is 0 Å². The van der Waals surface area contributed by atoms with E-state index in [4.69, 9.17) is 4.52 Å². The lowest BCUT2D eigenvalue weighted by Gasteiger charge is -2.16. The lowest BCUT2D eigenvalue weighted by molar-refractivity contribution is -0.137. The predicted octanol–water partition coefficient (Wildman–Crippen LogP) is 4.30. The highest BCUT2D eigenvalue weighted by Crippen LogP contribution is 2.36. The normalized spacial score (nSPS) is 11.1. The molecule has 1 heterocycles. The highest BCUT2D eigenvalue weighted by atomic mass is 19.4. The molecule has 0 atom stereocenters.